The molecule has 21 heteroatoms. The Morgan fingerprint density at radius 1 is 0.574 bits per heavy atom. The monoisotopic (exact) mass is 924 g/mol. The second-order valence-electron chi connectivity index (χ2n) is 16.8. The molecule has 10 unspecified atom stereocenters. The fourth-order valence-electron chi connectivity index (χ4n) is 9.60. The summed E-state index contributed by atoms with van der Waals surface area (Å²) in [4.78, 5) is 0.0307. The summed E-state index contributed by atoms with van der Waals surface area (Å²) in [5.41, 5.74) is 0.765. The zero-order valence-electron chi connectivity index (χ0n) is 32.9. The topological polar surface area (TPSA) is 293 Å². The fraction of sp³-hybridized carbons (Fsp3) is 0.450. The van der Waals surface area contributed by atoms with E-state index >= 15 is 0 Å². The van der Waals surface area contributed by atoms with Gasteiger partial charge in [0.2, 0.25) is 0 Å². The van der Waals surface area contributed by atoms with E-state index in [9.17, 15) is 67.8 Å². The normalized spacial score (nSPS) is 31.4. The van der Waals surface area contributed by atoms with Gasteiger partial charge in [0, 0.05) is 59.9 Å². The third-order valence-electron chi connectivity index (χ3n) is 12.5. The number of aliphatic hydroxyl groups is 4. The van der Waals surface area contributed by atoms with E-state index in [0.29, 0.717) is 10.8 Å². The SMILES string of the molecule is CN(C)c1cccc2c(S(=O)(=O)NC3=CC4CC5C=C(S(=O)(=O)O)C=C(CC6C=C(S(=O)(=O)O)CC(CC7=CC(S(=O)(=O)O)=CC(CC(C3)C4O)C7O)C6O)C5O)cccc12. The van der Waals surface area contributed by atoms with Gasteiger partial charge in [0.1, 0.15) is 0 Å². The number of rotatable bonds is 7. The zero-order chi connectivity index (χ0) is 44.6. The standard InChI is InChI=1S/C40H48N2O15S4/c1-42(2)35-7-3-6-34-33(35)5-4-8-36(34)58(47,48)41-29-13-21-9-23-15-30(59(49,50)51)17-25(38(23)44)11-27-19-32(61(55,56)57)20-28(40(27)46)12-26-18-31(60(52,53)54)16-24(39(26)45)10-22(14-29)37(21)43/h3-8,13,15-19,21-24,27-28,37-41,43-46H,9-12,14,20H2,1-2H3,(H,49,50,51)(H,52,53,54)(H,55,56,57). The predicted molar refractivity (Wildman–Crippen MR) is 224 cm³/mol. The first-order valence-electron chi connectivity index (χ1n) is 19.4. The third-order valence-corrected chi connectivity index (χ3v) is 16.6. The van der Waals surface area contributed by atoms with Crippen LogP contribution in [0.3, 0.4) is 0 Å². The number of anilines is 1. The van der Waals surface area contributed by atoms with Crippen LogP contribution in [0, 0.1) is 35.5 Å². The minimum absolute atomic E-state index is 0.0356. The predicted octanol–water partition coefficient (Wildman–Crippen LogP) is 2.79. The van der Waals surface area contributed by atoms with Crippen molar-refractivity contribution in [3.8, 4) is 0 Å². The molecule has 0 amide bonds. The highest BCUT2D eigenvalue weighted by atomic mass is 32.2. The van der Waals surface area contributed by atoms with Gasteiger partial charge in [-0.15, -0.1) is 0 Å². The number of aliphatic hydroxyl groups excluding tert-OH is 4. The molecule has 0 radical (unpaired) electrons. The van der Waals surface area contributed by atoms with Gasteiger partial charge in [0.05, 0.1) is 44.0 Å². The lowest BCUT2D eigenvalue weighted by molar-refractivity contribution is 0.0206. The maximum atomic E-state index is 14.3. The third kappa shape index (κ3) is 9.33. The Hall–Kier alpha value is -3.74. The highest BCUT2D eigenvalue weighted by Crippen LogP contribution is 2.46. The van der Waals surface area contributed by atoms with Gasteiger partial charge in [-0.3, -0.25) is 18.4 Å². The molecule has 17 nitrogen and oxygen atoms in total. The first-order valence-corrected chi connectivity index (χ1v) is 25.2. The summed E-state index contributed by atoms with van der Waals surface area (Å²) in [6.45, 7) is 0. The molecule has 10 atom stereocenters. The molecule has 0 aromatic heterocycles. The Morgan fingerprint density at radius 3 is 1.72 bits per heavy atom. The van der Waals surface area contributed by atoms with E-state index in [1.165, 1.54) is 12.1 Å². The van der Waals surface area contributed by atoms with Crippen LogP contribution in [0.1, 0.15) is 38.5 Å². The number of nitrogens with zero attached hydrogens (tertiary/aromatic N) is 1. The molecule has 7 rings (SSSR count). The highest BCUT2D eigenvalue weighted by Gasteiger charge is 2.44. The van der Waals surface area contributed by atoms with Crippen molar-refractivity contribution < 1.29 is 67.8 Å². The van der Waals surface area contributed by atoms with Crippen molar-refractivity contribution in [1.82, 2.24) is 4.72 Å². The summed E-state index contributed by atoms with van der Waals surface area (Å²) in [6, 6.07) is 10.0. The van der Waals surface area contributed by atoms with E-state index in [-0.39, 0.29) is 47.4 Å². The number of sulfonamides is 1. The van der Waals surface area contributed by atoms with Crippen molar-refractivity contribution in [3.63, 3.8) is 0 Å². The highest BCUT2D eigenvalue weighted by molar-refractivity contribution is 7.90. The van der Waals surface area contributed by atoms with Crippen molar-refractivity contribution in [1.29, 1.82) is 0 Å². The average molecular weight is 925 g/mol. The molecule has 1 saturated carbocycles. The summed E-state index contributed by atoms with van der Waals surface area (Å²) in [7, 11) is -15.5. The second-order valence-corrected chi connectivity index (χ2v) is 22.8. The molecule has 8 bridgehead atoms. The number of hydrogen-bond acceptors (Lipinski definition) is 13. The average Bonchev–Trinajstić information content (AvgIpc) is 3.15. The first kappa shape index (κ1) is 45.3. The Bertz CT molecular complexity index is 2770. The Kier molecular flexibility index (Phi) is 12.2. The molecule has 332 valence electrons. The second kappa shape index (κ2) is 16.4. The van der Waals surface area contributed by atoms with Crippen molar-refractivity contribution in [3.05, 3.63) is 104 Å². The molecule has 2 aromatic carbocycles. The summed E-state index contributed by atoms with van der Waals surface area (Å²) in [5, 5.41) is 48.4. The van der Waals surface area contributed by atoms with E-state index < -0.39 is 128 Å². The van der Waals surface area contributed by atoms with E-state index in [1.54, 1.807) is 24.3 Å². The molecular weight excluding hydrogens is 877 g/mol. The van der Waals surface area contributed by atoms with Gasteiger partial charge in [0.25, 0.3) is 40.4 Å². The molecule has 2 aromatic rings. The molecule has 61 heavy (non-hydrogen) atoms. The lowest BCUT2D eigenvalue weighted by Gasteiger charge is -2.41. The quantitative estimate of drug-likeness (QED) is 0.185. The van der Waals surface area contributed by atoms with Crippen molar-refractivity contribution in [2.75, 3.05) is 19.0 Å². The number of nitrogens with one attached hydrogen (secondary N) is 1. The van der Waals surface area contributed by atoms with Crippen LogP contribution in [-0.4, -0.2) is 106 Å². The number of hydrogen-bond donors (Lipinski definition) is 8. The van der Waals surface area contributed by atoms with Crippen LogP contribution in [0.25, 0.3) is 10.8 Å². The minimum Gasteiger partial charge on any atom is -0.392 e. The van der Waals surface area contributed by atoms with Gasteiger partial charge in [-0.25, -0.2) is 8.42 Å². The molecule has 0 saturated heterocycles. The summed E-state index contributed by atoms with van der Waals surface area (Å²) >= 11 is 0. The summed E-state index contributed by atoms with van der Waals surface area (Å²) in [5.74, 6) is -6.67. The lowest BCUT2D eigenvalue weighted by atomic mass is 9.69. The van der Waals surface area contributed by atoms with Crippen LogP contribution in [-0.2, 0) is 40.4 Å². The van der Waals surface area contributed by atoms with Gasteiger partial charge in [-0.2, -0.15) is 25.3 Å². The van der Waals surface area contributed by atoms with Crippen LogP contribution < -0.4 is 9.62 Å². The van der Waals surface area contributed by atoms with E-state index in [0.717, 1.165) is 36.1 Å². The van der Waals surface area contributed by atoms with Crippen LogP contribution in [0.4, 0.5) is 5.69 Å². The van der Waals surface area contributed by atoms with E-state index in [2.05, 4.69) is 4.72 Å². The maximum absolute atomic E-state index is 14.3. The Labute approximate surface area is 354 Å². The number of allylic oxidation sites excluding steroid dienone is 4. The van der Waals surface area contributed by atoms with Crippen LogP contribution in [0.2, 0.25) is 0 Å². The molecule has 0 heterocycles. The molecule has 8 N–H and O–H groups in total. The van der Waals surface area contributed by atoms with E-state index in [1.807, 2.05) is 25.1 Å². The first-order chi connectivity index (χ1) is 28.3. The molecule has 0 aliphatic heterocycles. The molecule has 5 aliphatic rings. The molecule has 0 spiro atoms. The Morgan fingerprint density at radius 2 is 1.13 bits per heavy atom. The van der Waals surface area contributed by atoms with Gasteiger partial charge in [-0.05, 0) is 85.8 Å². The van der Waals surface area contributed by atoms with Crippen LogP contribution >= 0.6 is 0 Å². The van der Waals surface area contributed by atoms with Gasteiger partial charge in [-0.1, -0.05) is 48.6 Å². The maximum Gasteiger partial charge on any atom is 0.294 e. The largest absolute Gasteiger partial charge is 0.392 e. The lowest BCUT2D eigenvalue weighted by Crippen LogP contribution is -2.42. The molecular formula is C40H48N2O15S4. The number of fused-ring (bicyclic) bond motifs is 9. The van der Waals surface area contributed by atoms with Crippen LogP contribution in [0.15, 0.2) is 109 Å². The smallest absolute Gasteiger partial charge is 0.294 e. The zero-order valence-corrected chi connectivity index (χ0v) is 36.2. The summed E-state index contributed by atoms with van der Waals surface area (Å²) < 4.78 is 137. The molecule has 5 aliphatic carbocycles. The van der Waals surface area contributed by atoms with Crippen molar-refractivity contribution in [2.24, 2.45) is 35.5 Å². The van der Waals surface area contributed by atoms with Gasteiger partial charge in [0.15, 0.2) is 0 Å². The van der Waals surface area contributed by atoms with E-state index in [4.69, 9.17) is 0 Å². The van der Waals surface area contributed by atoms with Crippen LogP contribution in [0.5, 0.6) is 0 Å². The molecule has 1 fully saturated rings. The van der Waals surface area contributed by atoms with Crippen molar-refractivity contribution >= 4 is 56.8 Å². The Balaban J connectivity index is 1.36. The van der Waals surface area contributed by atoms with Gasteiger partial charge < -0.3 is 25.3 Å². The number of benzene rings is 2. The summed E-state index contributed by atoms with van der Waals surface area (Å²) in [6.07, 6.45) is -1.06. The minimum atomic E-state index is -4.93. The fourth-order valence-corrected chi connectivity index (χ4v) is 13.0. The van der Waals surface area contributed by atoms with Gasteiger partial charge >= 0.3 is 0 Å². The van der Waals surface area contributed by atoms with Crippen molar-refractivity contribution in [2.45, 2.75) is 67.8 Å².